The molecule has 22 heavy (non-hydrogen) atoms. The lowest BCUT2D eigenvalue weighted by atomic mass is 10.2. The molecule has 0 aliphatic rings. The van der Waals surface area contributed by atoms with Crippen LogP contribution in [-0.4, -0.2) is 18.9 Å². The lowest BCUT2D eigenvalue weighted by Crippen LogP contribution is -2.25. The molecule has 0 saturated carbocycles. The van der Waals surface area contributed by atoms with Crippen molar-refractivity contribution in [1.29, 1.82) is 0 Å². The first-order chi connectivity index (χ1) is 10.3. The van der Waals surface area contributed by atoms with Crippen LogP contribution in [0.5, 0.6) is 0 Å². The van der Waals surface area contributed by atoms with Gasteiger partial charge < -0.3 is 9.88 Å². The van der Waals surface area contributed by atoms with Gasteiger partial charge in [-0.3, -0.25) is 9.59 Å². The zero-order chi connectivity index (χ0) is 16.3. The van der Waals surface area contributed by atoms with Gasteiger partial charge in [0.15, 0.2) is 0 Å². The van der Waals surface area contributed by atoms with Crippen LogP contribution in [0.25, 0.3) is 0 Å². The number of carbonyl (C=O) groups is 1. The van der Waals surface area contributed by atoms with E-state index < -0.39 is 15.9 Å². The molecule has 0 unspecified atom stereocenters. The van der Waals surface area contributed by atoms with Crippen LogP contribution in [0.2, 0.25) is 0 Å². The summed E-state index contributed by atoms with van der Waals surface area (Å²) >= 11 is 0. The third kappa shape index (κ3) is 3.80. The Labute approximate surface area is 127 Å². The van der Waals surface area contributed by atoms with E-state index in [1.807, 2.05) is 0 Å². The molecule has 1 aromatic carbocycles. The third-order valence-corrected chi connectivity index (χ3v) is 3.96. The highest BCUT2D eigenvalue weighted by molar-refractivity contribution is 7.89. The van der Waals surface area contributed by atoms with Gasteiger partial charge in [0, 0.05) is 31.4 Å². The minimum atomic E-state index is -3.78. The monoisotopic (exact) mass is 321 g/mol. The lowest BCUT2D eigenvalue weighted by molar-refractivity contribution is 0.0950. The minimum absolute atomic E-state index is 0.0205. The number of nitrogens with one attached hydrogen (secondary N) is 1. The summed E-state index contributed by atoms with van der Waals surface area (Å²) in [6, 6.07) is 8.73. The summed E-state index contributed by atoms with van der Waals surface area (Å²) in [5.41, 5.74) is 0.540. The van der Waals surface area contributed by atoms with Crippen LogP contribution in [0, 0.1) is 0 Å². The number of benzene rings is 1. The molecule has 2 rings (SSSR count). The molecular formula is C14H15N3O4S. The van der Waals surface area contributed by atoms with Gasteiger partial charge >= 0.3 is 0 Å². The van der Waals surface area contributed by atoms with Crippen LogP contribution in [0.1, 0.15) is 15.9 Å². The molecule has 3 N–H and O–H groups in total. The van der Waals surface area contributed by atoms with Crippen molar-refractivity contribution in [3.05, 3.63) is 64.1 Å². The maximum absolute atomic E-state index is 12.0. The van der Waals surface area contributed by atoms with E-state index in [-0.39, 0.29) is 22.6 Å². The second kappa shape index (κ2) is 6.12. The maximum atomic E-state index is 12.0. The first-order valence-corrected chi connectivity index (χ1v) is 7.88. The highest BCUT2D eigenvalue weighted by atomic mass is 32.2. The average Bonchev–Trinajstić information content (AvgIpc) is 2.47. The molecular weight excluding hydrogens is 306 g/mol. The van der Waals surface area contributed by atoms with Crippen molar-refractivity contribution in [3.8, 4) is 0 Å². The predicted octanol–water partition coefficient (Wildman–Crippen LogP) is -0.0373. The van der Waals surface area contributed by atoms with Crippen molar-refractivity contribution >= 4 is 15.9 Å². The zero-order valence-corrected chi connectivity index (χ0v) is 12.6. The first-order valence-electron chi connectivity index (χ1n) is 6.34. The van der Waals surface area contributed by atoms with Crippen molar-refractivity contribution in [3.63, 3.8) is 0 Å². The van der Waals surface area contributed by atoms with E-state index >= 15 is 0 Å². The van der Waals surface area contributed by atoms with E-state index in [9.17, 15) is 18.0 Å². The van der Waals surface area contributed by atoms with Crippen LogP contribution < -0.4 is 16.0 Å². The van der Waals surface area contributed by atoms with Gasteiger partial charge in [0.2, 0.25) is 10.0 Å². The molecule has 7 nitrogen and oxygen atoms in total. The summed E-state index contributed by atoms with van der Waals surface area (Å²) in [4.78, 5) is 23.4. The lowest BCUT2D eigenvalue weighted by Gasteiger charge is -2.07. The number of hydrogen-bond donors (Lipinski definition) is 2. The van der Waals surface area contributed by atoms with Crippen molar-refractivity contribution in [2.24, 2.45) is 12.2 Å². The number of aromatic nitrogens is 1. The summed E-state index contributed by atoms with van der Waals surface area (Å²) in [5.74, 6) is -0.418. The fraction of sp³-hybridized carbons (Fsp3) is 0.143. The Balaban J connectivity index is 2.11. The number of nitrogens with zero attached hydrogens (tertiary/aromatic N) is 1. The molecule has 0 atom stereocenters. The van der Waals surface area contributed by atoms with Crippen LogP contribution in [-0.2, 0) is 23.6 Å². The van der Waals surface area contributed by atoms with Crippen LogP contribution in [0.3, 0.4) is 0 Å². The van der Waals surface area contributed by atoms with Gasteiger partial charge in [-0.1, -0.05) is 12.1 Å². The molecule has 0 aliphatic carbocycles. The standard InChI is InChI=1S/C14H15N3O4S/c1-17-6-5-11(8-13(17)18)14(19)16-9-10-3-2-4-12(7-10)22(15,20)21/h2-8H,9H2,1H3,(H,16,19)(H2,15,20,21). The van der Waals surface area contributed by atoms with Gasteiger partial charge in [-0.05, 0) is 23.8 Å². The summed E-state index contributed by atoms with van der Waals surface area (Å²) < 4.78 is 23.9. The Bertz CT molecular complexity index is 872. The molecule has 0 saturated heterocycles. The van der Waals surface area contributed by atoms with Gasteiger partial charge in [-0.2, -0.15) is 0 Å². The van der Waals surface area contributed by atoms with Crippen LogP contribution in [0.4, 0.5) is 0 Å². The number of carbonyl (C=O) groups excluding carboxylic acids is 1. The Morgan fingerprint density at radius 1 is 1.27 bits per heavy atom. The summed E-state index contributed by atoms with van der Waals surface area (Å²) in [5, 5.41) is 7.67. The fourth-order valence-electron chi connectivity index (χ4n) is 1.81. The number of rotatable bonds is 4. The van der Waals surface area contributed by atoms with Gasteiger partial charge in [0.25, 0.3) is 11.5 Å². The summed E-state index contributed by atoms with van der Waals surface area (Å²) in [6.45, 7) is 0.122. The topological polar surface area (TPSA) is 111 Å². The molecule has 2 aromatic rings. The van der Waals surface area contributed by atoms with Crippen LogP contribution in [0.15, 0.2) is 52.3 Å². The fourth-order valence-corrected chi connectivity index (χ4v) is 2.39. The molecule has 1 heterocycles. The maximum Gasteiger partial charge on any atom is 0.251 e. The van der Waals surface area contributed by atoms with E-state index in [0.29, 0.717) is 5.56 Å². The van der Waals surface area contributed by atoms with E-state index in [1.165, 1.54) is 35.0 Å². The number of aryl methyl sites for hydroxylation is 1. The number of nitrogens with two attached hydrogens (primary N) is 1. The smallest absolute Gasteiger partial charge is 0.251 e. The first kappa shape index (κ1) is 15.9. The molecule has 8 heteroatoms. The van der Waals surface area contributed by atoms with Crippen molar-refractivity contribution in [1.82, 2.24) is 9.88 Å². The van der Waals surface area contributed by atoms with Crippen LogP contribution >= 0.6 is 0 Å². The van der Waals surface area contributed by atoms with E-state index in [0.717, 1.165) is 0 Å². The highest BCUT2D eigenvalue weighted by Crippen LogP contribution is 2.09. The van der Waals surface area contributed by atoms with Gasteiger partial charge in [-0.15, -0.1) is 0 Å². The Kier molecular flexibility index (Phi) is 4.43. The van der Waals surface area contributed by atoms with Gasteiger partial charge in [0.05, 0.1) is 4.90 Å². The number of primary sulfonamides is 1. The molecule has 0 spiro atoms. The minimum Gasteiger partial charge on any atom is -0.348 e. The number of pyridine rings is 1. The Hall–Kier alpha value is -2.45. The van der Waals surface area contributed by atoms with Gasteiger partial charge in [0.1, 0.15) is 0 Å². The number of amides is 1. The second-order valence-corrected chi connectivity index (χ2v) is 6.30. The second-order valence-electron chi connectivity index (χ2n) is 4.74. The Morgan fingerprint density at radius 3 is 2.64 bits per heavy atom. The van der Waals surface area contributed by atoms with Crippen molar-refractivity contribution in [2.45, 2.75) is 11.4 Å². The van der Waals surface area contributed by atoms with Crippen molar-refractivity contribution in [2.75, 3.05) is 0 Å². The molecule has 1 amide bonds. The predicted molar refractivity (Wildman–Crippen MR) is 80.7 cm³/mol. The highest BCUT2D eigenvalue weighted by Gasteiger charge is 2.10. The molecule has 1 aromatic heterocycles. The quantitative estimate of drug-likeness (QED) is 0.823. The Morgan fingerprint density at radius 2 is 2.00 bits per heavy atom. The summed E-state index contributed by atoms with van der Waals surface area (Å²) in [7, 11) is -2.20. The van der Waals surface area contributed by atoms with E-state index in [4.69, 9.17) is 5.14 Å². The molecule has 0 aliphatic heterocycles. The van der Waals surface area contributed by atoms with E-state index in [1.54, 1.807) is 19.2 Å². The molecule has 0 bridgehead atoms. The number of sulfonamides is 1. The largest absolute Gasteiger partial charge is 0.348 e. The van der Waals surface area contributed by atoms with Crippen molar-refractivity contribution < 1.29 is 13.2 Å². The SMILES string of the molecule is Cn1ccc(C(=O)NCc2cccc(S(N)(=O)=O)c2)cc1=O. The molecule has 0 radical (unpaired) electrons. The summed E-state index contributed by atoms with van der Waals surface area (Å²) in [6.07, 6.45) is 1.50. The van der Waals surface area contributed by atoms with E-state index in [2.05, 4.69) is 5.32 Å². The van der Waals surface area contributed by atoms with Gasteiger partial charge in [-0.25, -0.2) is 13.6 Å². The normalized spacial score (nSPS) is 11.2. The zero-order valence-electron chi connectivity index (χ0n) is 11.8. The third-order valence-electron chi connectivity index (χ3n) is 3.05. The molecule has 0 fully saturated rings. The average molecular weight is 321 g/mol. The molecule has 116 valence electrons. The number of hydrogen-bond acceptors (Lipinski definition) is 4.